The molecule has 1 aliphatic rings. The Bertz CT molecular complexity index is 1460. The van der Waals surface area contributed by atoms with Gasteiger partial charge in [-0.1, -0.05) is 11.6 Å². The molecular formula is C24H28ClF3N6O6S. The molecule has 4 rings (SSSR count). The van der Waals surface area contributed by atoms with Gasteiger partial charge in [-0.3, -0.25) is 0 Å². The van der Waals surface area contributed by atoms with Crippen LogP contribution in [0.5, 0.6) is 11.6 Å². The highest BCUT2D eigenvalue weighted by atomic mass is 35.5. The molecule has 0 aromatic carbocycles. The Labute approximate surface area is 239 Å². The van der Waals surface area contributed by atoms with Gasteiger partial charge >= 0.3 is 6.36 Å². The maximum absolute atomic E-state index is 13.7. The smallest absolute Gasteiger partial charge is 0.485 e. The third kappa shape index (κ3) is 7.23. The maximum Gasteiger partial charge on any atom is 0.574 e. The number of ether oxygens (including phenoxy) is 4. The molecule has 0 amide bonds. The molecule has 4 heterocycles. The SMILES string of the molecule is CCOC[C@H]1COc2c(ccnc2OC(F)(F)F)-c2nnc(CS(=O)(=O)[C@@H](C)[C@@H](OC(C)C)c3ncc(Cl)cn3)n21. The van der Waals surface area contributed by atoms with E-state index in [0.29, 0.717) is 6.61 Å². The average Bonchev–Trinajstić information content (AvgIpc) is 3.21. The van der Waals surface area contributed by atoms with Crippen LogP contribution in [0.2, 0.25) is 5.02 Å². The summed E-state index contributed by atoms with van der Waals surface area (Å²) in [5, 5.41) is 7.41. The number of hydrogen-bond acceptors (Lipinski definition) is 11. The third-order valence-corrected chi connectivity index (χ3v) is 8.26. The highest BCUT2D eigenvalue weighted by Crippen LogP contribution is 2.42. The van der Waals surface area contributed by atoms with Crippen molar-refractivity contribution in [3.8, 4) is 23.0 Å². The first-order valence-electron chi connectivity index (χ1n) is 12.5. The lowest BCUT2D eigenvalue weighted by atomic mass is 10.2. The standard InChI is InChI=1S/C24H28ClF3N6O6S/c1-5-37-10-16-11-38-20-17(6-7-29-23(20)40-24(26,27)28)22-33-32-18(34(16)22)12-41(35,36)14(4)19(39-13(2)3)21-30-8-15(25)9-31-21/h6-9,13-14,16,19H,5,10-12H2,1-4H3/t14-,16-,19+/m0/s1. The molecule has 0 saturated heterocycles. The van der Waals surface area contributed by atoms with Gasteiger partial charge in [-0.05, 0) is 33.8 Å². The summed E-state index contributed by atoms with van der Waals surface area (Å²) in [5.41, 5.74) is 0.0954. The van der Waals surface area contributed by atoms with E-state index in [9.17, 15) is 21.6 Å². The molecule has 0 saturated carbocycles. The molecular weight excluding hydrogens is 593 g/mol. The molecule has 224 valence electrons. The van der Waals surface area contributed by atoms with Gasteiger partial charge in [0.05, 0.1) is 34.6 Å². The second-order valence-corrected chi connectivity index (χ2v) is 12.1. The van der Waals surface area contributed by atoms with Crippen LogP contribution in [-0.2, 0) is 25.1 Å². The zero-order valence-electron chi connectivity index (χ0n) is 22.5. The van der Waals surface area contributed by atoms with Gasteiger partial charge in [0.2, 0.25) is 0 Å². The summed E-state index contributed by atoms with van der Waals surface area (Å²) in [6.45, 7) is 6.91. The van der Waals surface area contributed by atoms with Crippen molar-refractivity contribution in [3.63, 3.8) is 0 Å². The van der Waals surface area contributed by atoms with Crippen LogP contribution >= 0.6 is 11.6 Å². The van der Waals surface area contributed by atoms with E-state index >= 15 is 0 Å². The highest BCUT2D eigenvalue weighted by Gasteiger charge is 2.39. The first-order chi connectivity index (χ1) is 19.3. The molecule has 0 aliphatic carbocycles. The fourth-order valence-electron chi connectivity index (χ4n) is 4.19. The molecule has 3 atom stereocenters. The van der Waals surface area contributed by atoms with Crippen LogP contribution in [0.1, 0.15) is 51.5 Å². The quantitative estimate of drug-likeness (QED) is 0.306. The lowest BCUT2D eigenvalue weighted by molar-refractivity contribution is -0.276. The molecule has 0 spiro atoms. The number of sulfone groups is 1. The first-order valence-corrected chi connectivity index (χ1v) is 14.6. The van der Waals surface area contributed by atoms with Gasteiger partial charge in [-0.25, -0.2) is 23.4 Å². The Balaban J connectivity index is 1.74. The Morgan fingerprint density at radius 2 is 1.88 bits per heavy atom. The van der Waals surface area contributed by atoms with E-state index in [2.05, 4.69) is 29.9 Å². The largest absolute Gasteiger partial charge is 0.574 e. The fraction of sp³-hybridized carbons (Fsp3) is 0.542. The van der Waals surface area contributed by atoms with Crippen molar-refractivity contribution in [1.82, 2.24) is 29.7 Å². The van der Waals surface area contributed by atoms with Crippen molar-refractivity contribution in [1.29, 1.82) is 0 Å². The zero-order chi connectivity index (χ0) is 29.9. The molecule has 0 N–H and O–H groups in total. The van der Waals surface area contributed by atoms with Crippen LogP contribution in [0, 0.1) is 0 Å². The summed E-state index contributed by atoms with van der Waals surface area (Å²) in [7, 11) is -4.01. The maximum atomic E-state index is 13.7. The van der Waals surface area contributed by atoms with E-state index in [0.717, 1.165) is 6.20 Å². The zero-order valence-corrected chi connectivity index (χ0v) is 24.1. The van der Waals surface area contributed by atoms with Crippen molar-refractivity contribution >= 4 is 21.4 Å². The fourth-order valence-corrected chi connectivity index (χ4v) is 5.67. The second-order valence-electron chi connectivity index (χ2n) is 9.35. The average molecular weight is 621 g/mol. The van der Waals surface area contributed by atoms with Crippen LogP contribution in [0.25, 0.3) is 11.4 Å². The Morgan fingerprint density at radius 3 is 2.51 bits per heavy atom. The highest BCUT2D eigenvalue weighted by molar-refractivity contribution is 7.91. The van der Waals surface area contributed by atoms with Gasteiger partial charge in [0.25, 0.3) is 5.88 Å². The van der Waals surface area contributed by atoms with Crippen LogP contribution in [-0.4, -0.2) is 75.7 Å². The lowest BCUT2D eigenvalue weighted by Gasteiger charge is -2.25. The lowest BCUT2D eigenvalue weighted by Crippen LogP contribution is -2.32. The van der Waals surface area contributed by atoms with Crippen molar-refractivity contribution < 1.29 is 40.5 Å². The first kappa shape index (κ1) is 30.9. The molecule has 1 aliphatic heterocycles. The second kappa shape index (κ2) is 12.4. The normalized spacial score (nSPS) is 16.9. The number of fused-ring (bicyclic) bond motifs is 3. The molecule has 17 heteroatoms. The predicted octanol–water partition coefficient (Wildman–Crippen LogP) is 4.12. The molecule has 3 aromatic heterocycles. The van der Waals surface area contributed by atoms with Gasteiger partial charge in [-0.15, -0.1) is 23.4 Å². The van der Waals surface area contributed by atoms with Crippen LogP contribution in [0.4, 0.5) is 13.2 Å². The number of pyridine rings is 1. The summed E-state index contributed by atoms with van der Waals surface area (Å²) in [5.74, 6) is -1.44. The molecule has 12 nitrogen and oxygen atoms in total. The predicted molar refractivity (Wildman–Crippen MR) is 139 cm³/mol. The number of nitrogens with zero attached hydrogens (tertiary/aromatic N) is 6. The van der Waals surface area contributed by atoms with E-state index < -0.39 is 45.2 Å². The minimum absolute atomic E-state index is 0.0310. The van der Waals surface area contributed by atoms with Crippen molar-refractivity contribution in [3.05, 3.63) is 41.3 Å². The molecule has 0 unspecified atom stereocenters. The monoisotopic (exact) mass is 620 g/mol. The van der Waals surface area contributed by atoms with E-state index in [-0.39, 0.29) is 53.1 Å². The minimum Gasteiger partial charge on any atom is -0.485 e. The van der Waals surface area contributed by atoms with E-state index in [1.54, 1.807) is 20.8 Å². The van der Waals surface area contributed by atoms with E-state index in [4.69, 9.17) is 25.8 Å². The van der Waals surface area contributed by atoms with Crippen LogP contribution < -0.4 is 9.47 Å². The number of hydrogen-bond donors (Lipinski definition) is 0. The number of alkyl halides is 3. The number of aromatic nitrogens is 6. The van der Waals surface area contributed by atoms with Gasteiger partial charge in [0.1, 0.15) is 24.3 Å². The molecule has 0 fully saturated rings. The van der Waals surface area contributed by atoms with E-state index in [1.807, 2.05) is 0 Å². The number of halogens is 4. The van der Waals surface area contributed by atoms with Gasteiger partial charge in [0, 0.05) is 25.2 Å². The van der Waals surface area contributed by atoms with Crippen molar-refractivity contribution in [2.45, 2.75) is 63.3 Å². The van der Waals surface area contributed by atoms with Crippen LogP contribution in [0.3, 0.4) is 0 Å². The summed E-state index contributed by atoms with van der Waals surface area (Å²) in [6, 6.07) is 0.696. The molecule has 0 radical (unpaired) electrons. The van der Waals surface area contributed by atoms with Crippen molar-refractivity contribution in [2.24, 2.45) is 0 Å². The number of rotatable bonds is 11. The summed E-state index contributed by atoms with van der Waals surface area (Å²) in [4.78, 5) is 12.0. The minimum atomic E-state index is -5.02. The molecule has 3 aromatic rings. The van der Waals surface area contributed by atoms with E-state index in [1.165, 1.54) is 30.0 Å². The third-order valence-electron chi connectivity index (χ3n) is 6.03. The van der Waals surface area contributed by atoms with Gasteiger partial charge < -0.3 is 23.5 Å². The summed E-state index contributed by atoms with van der Waals surface area (Å²) in [6.07, 6.45) is -2.61. The summed E-state index contributed by atoms with van der Waals surface area (Å²) >= 11 is 5.90. The topological polar surface area (TPSA) is 140 Å². The van der Waals surface area contributed by atoms with Gasteiger partial charge in [-0.2, -0.15) is 0 Å². The molecule has 41 heavy (non-hydrogen) atoms. The Kier molecular flexibility index (Phi) is 9.35. The Morgan fingerprint density at radius 1 is 1.17 bits per heavy atom. The summed E-state index contributed by atoms with van der Waals surface area (Å²) < 4.78 is 89.4. The van der Waals surface area contributed by atoms with Crippen LogP contribution in [0.15, 0.2) is 24.7 Å². The van der Waals surface area contributed by atoms with Crippen molar-refractivity contribution in [2.75, 3.05) is 19.8 Å². The Hall–Kier alpha value is -3.08. The molecule has 0 bridgehead atoms. The van der Waals surface area contributed by atoms with Gasteiger partial charge in [0.15, 0.2) is 27.2 Å².